The van der Waals surface area contributed by atoms with Gasteiger partial charge in [0.1, 0.15) is 6.54 Å². The number of hydrazone groups is 1. The fraction of sp³-hybridized carbons (Fsp3) is 0.231. The summed E-state index contributed by atoms with van der Waals surface area (Å²) < 4.78 is 38.5. The van der Waals surface area contributed by atoms with E-state index in [0.717, 1.165) is 15.4 Å². The van der Waals surface area contributed by atoms with Crippen LogP contribution in [0.3, 0.4) is 0 Å². The number of carbonyl (C=O) groups is 1. The minimum Gasteiger partial charge on any atom is -0.493 e. The van der Waals surface area contributed by atoms with E-state index in [1.54, 1.807) is 62.6 Å². The first-order valence-electron chi connectivity index (χ1n) is 10.9. The second-order valence-electron chi connectivity index (χ2n) is 7.90. The van der Waals surface area contributed by atoms with Gasteiger partial charge in [0.2, 0.25) is 0 Å². The van der Waals surface area contributed by atoms with Gasteiger partial charge in [-0.3, -0.25) is 9.10 Å². The van der Waals surface area contributed by atoms with Crippen molar-refractivity contribution in [3.63, 3.8) is 0 Å². The molecule has 0 aliphatic rings. The van der Waals surface area contributed by atoms with Crippen molar-refractivity contribution in [1.82, 2.24) is 5.43 Å². The maximum atomic E-state index is 13.4. The first-order chi connectivity index (χ1) is 16.7. The second kappa shape index (κ2) is 11.1. The zero-order valence-corrected chi connectivity index (χ0v) is 21.2. The van der Waals surface area contributed by atoms with E-state index >= 15 is 0 Å². The molecule has 0 spiro atoms. The molecule has 9 heteroatoms. The number of rotatable bonds is 9. The van der Waals surface area contributed by atoms with E-state index < -0.39 is 22.5 Å². The van der Waals surface area contributed by atoms with E-state index in [4.69, 9.17) is 9.47 Å². The SMILES string of the molecule is COc1ccc(C(C)=NNC(=O)CN(c2ccc(C)c(C)c2)S(=O)(=O)c2ccccc2)cc1OC. The summed E-state index contributed by atoms with van der Waals surface area (Å²) in [5.74, 6) is 0.520. The van der Waals surface area contributed by atoms with Crippen molar-refractivity contribution in [3.8, 4) is 11.5 Å². The number of nitrogens with zero attached hydrogens (tertiary/aromatic N) is 2. The molecule has 1 N–H and O–H groups in total. The van der Waals surface area contributed by atoms with Crippen LogP contribution < -0.4 is 19.2 Å². The minimum atomic E-state index is -3.99. The number of nitrogens with one attached hydrogen (secondary N) is 1. The van der Waals surface area contributed by atoms with Gasteiger partial charge in [0.15, 0.2) is 11.5 Å². The molecule has 0 saturated heterocycles. The molecule has 0 heterocycles. The first kappa shape index (κ1) is 25.8. The Morgan fingerprint density at radius 1 is 0.914 bits per heavy atom. The van der Waals surface area contributed by atoms with Crippen molar-refractivity contribution in [1.29, 1.82) is 0 Å². The highest BCUT2D eigenvalue weighted by Gasteiger charge is 2.27. The number of amides is 1. The van der Waals surface area contributed by atoms with Crippen LogP contribution in [0.15, 0.2) is 76.7 Å². The Hall–Kier alpha value is -3.85. The molecule has 8 nitrogen and oxygen atoms in total. The third-order valence-corrected chi connectivity index (χ3v) is 7.33. The van der Waals surface area contributed by atoms with Crippen LogP contribution in [0, 0.1) is 13.8 Å². The number of methoxy groups -OCH3 is 2. The predicted octanol–water partition coefficient (Wildman–Crippen LogP) is 4.06. The van der Waals surface area contributed by atoms with Crippen LogP contribution in [0.5, 0.6) is 11.5 Å². The Kier molecular flexibility index (Phi) is 8.14. The van der Waals surface area contributed by atoms with Crippen LogP contribution in [0.25, 0.3) is 0 Å². The molecule has 3 aromatic rings. The molecule has 184 valence electrons. The standard InChI is InChI=1S/C26H29N3O5S/c1-18-11-13-22(15-19(18)2)29(35(31,32)23-9-7-6-8-10-23)17-26(30)28-27-20(3)21-12-14-24(33-4)25(16-21)34-5/h6-16H,17H2,1-5H3,(H,28,30). The topological polar surface area (TPSA) is 97.3 Å². The van der Waals surface area contributed by atoms with E-state index in [0.29, 0.717) is 28.5 Å². The van der Waals surface area contributed by atoms with E-state index in [-0.39, 0.29) is 4.90 Å². The monoisotopic (exact) mass is 495 g/mol. The average molecular weight is 496 g/mol. The quantitative estimate of drug-likeness (QED) is 0.357. The summed E-state index contributed by atoms with van der Waals surface area (Å²) in [7, 11) is -0.915. The zero-order valence-electron chi connectivity index (χ0n) is 20.4. The molecule has 0 saturated carbocycles. The van der Waals surface area contributed by atoms with Crippen molar-refractivity contribution < 1.29 is 22.7 Å². The summed E-state index contributed by atoms with van der Waals surface area (Å²) in [5, 5.41) is 4.16. The number of ether oxygens (including phenoxy) is 2. The summed E-state index contributed by atoms with van der Waals surface area (Å²) in [5.41, 5.74) is 6.03. The lowest BCUT2D eigenvalue weighted by Gasteiger charge is -2.24. The molecule has 0 unspecified atom stereocenters. The van der Waals surface area contributed by atoms with Crippen molar-refractivity contribution in [3.05, 3.63) is 83.4 Å². The van der Waals surface area contributed by atoms with E-state index in [1.165, 1.54) is 19.2 Å². The molecule has 0 radical (unpaired) electrons. The summed E-state index contributed by atoms with van der Waals surface area (Å²) in [6.07, 6.45) is 0. The van der Waals surface area contributed by atoms with Crippen molar-refractivity contribution in [2.45, 2.75) is 25.7 Å². The number of sulfonamides is 1. The van der Waals surface area contributed by atoms with Crippen LogP contribution in [0.1, 0.15) is 23.6 Å². The fourth-order valence-electron chi connectivity index (χ4n) is 3.35. The van der Waals surface area contributed by atoms with Crippen LogP contribution in [-0.4, -0.2) is 40.8 Å². The highest BCUT2D eigenvalue weighted by atomic mass is 32.2. The van der Waals surface area contributed by atoms with E-state index in [1.807, 2.05) is 19.9 Å². The van der Waals surface area contributed by atoms with E-state index in [9.17, 15) is 13.2 Å². The number of carbonyl (C=O) groups excluding carboxylic acids is 1. The number of hydrogen-bond donors (Lipinski definition) is 1. The highest BCUT2D eigenvalue weighted by molar-refractivity contribution is 7.92. The molecular weight excluding hydrogens is 466 g/mol. The van der Waals surface area contributed by atoms with Gasteiger partial charge in [-0.25, -0.2) is 13.8 Å². The molecular formula is C26H29N3O5S. The van der Waals surface area contributed by atoms with Gasteiger partial charge >= 0.3 is 0 Å². The second-order valence-corrected chi connectivity index (χ2v) is 9.76. The molecule has 0 atom stereocenters. The van der Waals surface area contributed by atoms with Gasteiger partial charge in [-0.1, -0.05) is 24.3 Å². The van der Waals surface area contributed by atoms with E-state index in [2.05, 4.69) is 10.5 Å². The largest absolute Gasteiger partial charge is 0.493 e. The Labute approximate surface area is 206 Å². The first-order valence-corrected chi connectivity index (χ1v) is 12.3. The molecule has 0 aliphatic heterocycles. The van der Waals surface area contributed by atoms with Gasteiger partial charge in [-0.15, -0.1) is 0 Å². The molecule has 3 aromatic carbocycles. The summed E-state index contributed by atoms with van der Waals surface area (Å²) in [6.45, 7) is 5.11. The number of benzene rings is 3. The Bertz CT molecular complexity index is 1340. The van der Waals surface area contributed by atoms with Crippen molar-refractivity contribution in [2.24, 2.45) is 5.10 Å². The lowest BCUT2D eigenvalue weighted by atomic mass is 10.1. The minimum absolute atomic E-state index is 0.0936. The highest BCUT2D eigenvalue weighted by Crippen LogP contribution is 2.28. The van der Waals surface area contributed by atoms with Crippen LogP contribution in [0.2, 0.25) is 0 Å². The third kappa shape index (κ3) is 5.99. The average Bonchev–Trinajstić information content (AvgIpc) is 2.87. The Morgan fingerprint density at radius 3 is 2.23 bits per heavy atom. The van der Waals surface area contributed by atoms with Crippen LogP contribution in [-0.2, 0) is 14.8 Å². The van der Waals surface area contributed by atoms with Gasteiger partial charge in [0.05, 0.1) is 30.5 Å². The summed E-state index contributed by atoms with van der Waals surface area (Å²) >= 11 is 0. The van der Waals surface area contributed by atoms with Crippen LogP contribution in [0.4, 0.5) is 5.69 Å². The number of aryl methyl sites for hydroxylation is 2. The molecule has 1 amide bonds. The third-order valence-electron chi connectivity index (χ3n) is 5.55. The van der Waals surface area contributed by atoms with Gasteiger partial charge in [0, 0.05) is 5.56 Å². The van der Waals surface area contributed by atoms with Gasteiger partial charge in [0.25, 0.3) is 15.9 Å². The zero-order chi connectivity index (χ0) is 25.6. The smallest absolute Gasteiger partial charge is 0.264 e. The van der Waals surface area contributed by atoms with Crippen molar-refractivity contribution in [2.75, 3.05) is 25.1 Å². The molecule has 0 aromatic heterocycles. The maximum absolute atomic E-state index is 13.4. The Balaban J connectivity index is 1.87. The molecule has 0 bridgehead atoms. The molecule has 3 rings (SSSR count). The molecule has 0 aliphatic carbocycles. The normalized spacial score (nSPS) is 11.6. The number of anilines is 1. The molecule has 35 heavy (non-hydrogen) atoms. The van der Waals surface area contributed by atoms with Gasteiger partial charge in [-0.2, -0.15) is 5.10 Å². The Morgan fingerprint density at radius 2 is 1.60 bits per heavy atom. The van der Waals surface area contributed by atoms with Gasteiger partial charge < -0.3 is 9.47 Å². The maximum Gasteiger partial charge on any atom is 0.264 e. The lowest BCUT2D eigenvalue weighted by Crippen LogP contribution is -2.39. The lowest BCUT2D eigenvalue weighted by molar-refractivity contribution is -0.119. The summed E-state index contributed by atoms with van der Waals surface area (Å²) in [6, 6.07) is 18.6. The fourth-order valence-corrected chi connectivity index (χ4v) is 4.79. The van der Waals surface area contributed by atoms with Crippen molar-refractivity contribution >= 4 is 27.3 Å². The number of hydrogen-bond acceptors (Lipinski definition) is 6. The predicted molar refractivity (Wildman–Crippen MR) is 137 cm³/mol. The van der Waals surface area contributed by atoms with Gasteiger partial charge in [-0.05, 0) is 74.4 Å². The summed E-state index contributed by atoms with van der Waals surface area (Å²) in [4.78, 5) is 12.9. The van der Waals surface area contributed by atoms with Crippen LogP contribution >= 0.6 is 0 Å². The molecule has 0 fully saturated rings.